The van der Waals surface area contributed by atoms with Gasteiger partial charge in [0.15, 0.2) is 0 Å². The second-order valence-corrected chi connectivity index (χ2v) is 11.2. The van der Waals surface area contributed by atoms with Crippen molar-refractivity contribution in [1.82, 2.24) is 5.32 Å². The van der Waals surface area contributed by atoms with Crippen molar-refractivity contribution in [2.75, 3.05) is 22.9 Å². The van der Waals surface area contributed by atoms with E-state index in [0.717, 1.165) is 16.3 Å². The summed E-state index contributed by atoms with van der Waals surface area (Å²) < 4.78 is 25.6. The fourth-order valence-corrected chi connectivity index (χ4v) is 4.53. The molecule has 0 aliphatic rings. The monoisotopic (exact) mass is 426 g/mol. The summed E-state index contributed by atoms with van der Waals surface area (Å²) in [5, 5.41) is 3.31. The Morgan fingerprint density at radius 2 is 1.92 bits per heavy atom. The molecule has 0 fully saturated rings. The molecule has 0 saturated carbocycles. The van der Waals surface area contributed by atoms with Crippen LogP contribution in [0.4, 0.5) is 5.69 Å². The predicted molar refractivity (Wildman–Crippen MR) is 108 cm³/mol. The lowest BCUT2D eigenvalue weighted by Gasteiger charge is -2.29. The number of amides is 1. The molecule has 5 nitrogen and oxygen atoms in total. The summed E-state index contributed by atoms with van der Waals surface area (Å²) in [6, 6.07) is 3.54. The quantitative estimate of drug-likeness (QED) is 0.673. The van der Waals surface area contributed by atoms with Gasteiger partial charge in [-0.25, -0.2) is 8.42 Å². The highest BCUT2D eigenvalue weighted by molar-refractivity contribution is 8.00. The van der Waals surface area contributed by atoms with Gasteiger partial charge in [0.1, 0.15) is 6.04 Å². The normalized spacial score (nSPS) is 13.4. The zero-order chi connectivity index (χ0) is 19.4. The Hall–Kier alpha value is -0.630. The lowest BCUT2D eigenvalue weighted by Crippen LogP contribution is -2.48. The Kier molecular flexibility index (Phi) is 7.93. The van der Waals surface area contributed by atoms with E-state index in [2.05, 4.69) is 26.1 Å². The van der Waals surface area contributed by atoms with Crippen LogP contribution in [0.5, 0.6) is 0 Å². The number of halogens is 2. The largest absolute Gasteiger partial charge is 0.353 e. The molecular weight excluding hydrogens is 403 g/mol. The molecule has 1 amide bonds. The summed E-state index contributed by atoms with van der Waals surface area (Å²) in [5.74, 6) is 0.342. The number of carbonyl (C=O) groups is 1. The first-order valence-corrected chi connectivity index (χ1v) is 11.3. The van der Waals surface area contributed by atoms with E-state index in [0.29, 0.717) is 11.6 Å². The molecule has 0 bridgehead atoms. The van der Waals surface area contributed by atoms with Crippen LogP contribution in [-0.2, 0) is 14.8 Å². The third kappa shape index (κ3) is 7.25. The molecule has 1 aromatic rings. The minimum absolute atomic E-state index is 0.101. The number of thioether (sulfide) groups is 1. The van der Waals surface area contributed by atoms with Crippen LogP contribution in [0.25, 0.3) is 0 Å². The number of carbonyl (C=O) groups excluding carboxylic acids is 1. The van der Waals surface area contributed by atoms with Gasteiger partial charge >= 0.3 is 0 Å². The summed E-state index contributed by atoms with van der Waals surface area (Å²) in [6.07, 6.45) is 1.03. The van der Waals surface area contributed by atoms with Gasteiger partial charge in [-0.05, 0) is 25.1 Å². The summed E-state index contributed by atoms with van der Waals surface area (Å²) in [5.41, 5.74) is 0.184. The molecule has 0 radical (unpaired) electrons. The van der Waals surface area contributed by atoms with Crippen LogP contribution >= 0.6 is 35.0 Å². The number of anilines is 1. The standard InChI is InChI=1S/C16H24Cl2N2O3S2/c1-11(15(21)19-8-9-24-16(2,3)4)20(25(5,22)23)14-10-12(17)6-7-13(14)18/h6-7,10-11H,8-9H2,1-5H3,(H,19,21)/t11-/m1/s1. The summed E-state index contributed by atoms with van der Waals surface area (Å²) in [7, 11) is -3.73. The lowest BCUT2D eigenvalue weighted by molar-refractivity contribution is -0.121. The van der Waals surface area contributed by atoms with Crippen LogP contribution in [0, 0.1) is 0 Å². The van der Waals surface area contributed by atoms with Crippen LogP contribution in [0.2, 0.25) is 10.0 Å². The van der Waals surface area contributed by atoms with Gasteiger partial charge in [-0.15, -0.1) is 0 Å². The molecule has 0 spiro atoms. The van der Waals surface area contributed by atoms with Gasteiger partial charge in [0, 0.05) is 22.1 Å². The number of nitrogens with zero attached hydrogens (tertiary/aromatic N) is 1. The molecule has 0 unspecified atom stereocenters. The lowest BCUT2D eigenvalue weighted by atomic mass is 10.2. The van der Waals surface area contributed by atoms with E-state index < -0.39 is 22.0 Å². The van der Waals surface area contributed by atoms with E-state index in [9.17, 15) is 13.2 Å². The Morgan fingerprint density at radius 3 is 2.44 bits per heavy atom. The van der Waals surface area contributed by atoms with Gasteiger partial charge in [0.2, 0.25) is 15.9 Å². The SMILES string of the molecule is C[C@H](C(=O)NCCSC(C)(C)C)N(c1cc(Cl)ccc1Cl)S(C)(=O)=O. The summed E-state index contributed by atoms with van der Waals surface area (Å²) in [6.45, 7) is 8.24. The molecule has 0 heterocycles. The molecule has 0 saturated heterocycles. The molecule has 1 N–H and O–H groups in total. The molecule has 0 aliphatic carbocycles. The van der Waals surface area contributed by atoms with E-state index in [1.54, 1.807) is 17.8 Å². The Balaban J connectivity index is 2.93. The maximum atomic E-state index is 12.4. The molecule has 0 aliphatic heterocycles. The van der Waals surface area contributed by atoms with Gasteiger partial charge in [-0.1, -0.05) is 44.0 Å². The van der Waals surface area contributed by atoms with E-state index in [1.807, 2.05) is 0 Å². The third-order valence-electron chi connectivity index (χ3n) is 3.17. The molecule has 0 aromatic heterocycles. The van der Waals surface area contributed by atoms with Crippen LogP contribution in [0.15, 0.2) is 18.2 Å². The summed E-state index contributed by atoms with van der Waals surface area (Å²) >= 11 is 13.8. The number of rotatable bonds is 7. The topological polar surface area (TPSA) is 66.5 Å². The number of hydrogen-bond donors (Lipinski definition) is 1. The van der Waals surface area contributed by atoms with Gasteiger partial charge in [-0.3, -0.25) is 9.10 Å². The number of sulfonamides is 1. The van der Waals surface area contributed by atoms with Crippen molar-refractivity contribution >= 4 is 56.6 Å². The predicted octanol–water partition coefficient (Wildman–Crippen LogP) is 3.80. The van der Waals surface area contributed by atoms with Gasteiger partial charge in [-0.2, -0.15) is 11.8 Å². The van der Waals surface area contributed by atoms with Crippen molar-refractivity contribution < 1.29 is 13.2 Å². The zero-order valence-corrected chi connectivity index (χ0v) is 18.1. The highest BCUT2D eigenvalue weighted by Gasteiger charge is 2.30. The molecule has 9 heteroatoms. The fourth-order valence-electron chi connectivity index (χ4n) is 2.11. The highest BCUT2D eigenvalue weighted by atomic mass is 35.5. The first-order valence-electron chi connectivity index (χ1n) is 7.69. The third-order valence-corrected chi connectivity index (χ3v) is 6.23. The maximum Gasteiger partial charge on any atom is 0.243 e. The van der Waals surface area contributed by atoms with E-state index >= 15 is 0 Å². The van der Waals surface area contributed by atoms with Crippen molar-refractivity contribution in [2.45, 2.75) is 38.5 Å². The number of nitrogens with one attached hydrogen (secondary N) is 1. The maximum absolute atomic E-state index is 12.4. The minimum Gasteiger partial charge on any atom is -0.353 e. The van der Waals surface area contributed by atoms with Crippen molar-refractivity contribution in [1.29, 1.82) is 0 Å². The van der Waals surface area contributed by atoms with Crippen molar-refractivity contribution in [3.05, 3.63) is 28.2 Å². The molecule has 1 aromatic carbocycles. The fraction of sp³-hybridized carbons (Fsp3) is 0.562. The smallest absolute Gasteiger partial charge is 0.243 e. The van der Waals surface area contributed by atoms with Crippen LogP contribution in [0.3, 0.4) is 0 Å². The number of hydrogen-bond acceptors (Lipinski definition) is 4. The van der Waals surface area contributed by atoms with Crippen molar-refractivity contribution in [3.63, 3.8) is 0 Å². The van der Waals surface area contributed by atoms with Crippen molar-refractivity contribution in [2.24, 2.45) is 0 Å². The van der Waals surface area contributed by atoms with E-state index in [1.165, 1.54) is 19.1 Å². The van der Waals surface area contributed by atoms with Gasteiger partial charge in [0.25, 0.3) is 0 Å². The minimum atomic E-state index is -3.73. The van der Waals surface area contributed by atoms with Gasteiger partial charge < -0.3 is 5.32 Å². The van der Waals surface area contributed by atoms with Crippen LogP contribution in [-0.4, -0.2) is 43.7 Å². The average Bonchev–Trinajstić information content (AvgIpc) is 2.44. The zero-order valence-electron chi connectivity index (χ0n) is 15.0. The van der Waals surface area contributed by atoms with Gasteiger partial charge in [0.05, 0.1) is 17.0 Å². The Bertz CT molecular complexity index is 719. The second kappa shape index (κ2) is 8.84. The molecule has 1 rings (SSSR count). The van der Waals surface area contributed by atoms with Crippen molar-refractivity contribution in [3.8, 4) is 0 Å². The average molecular weight is 427 g/mol. The molecule has 142 valence electrons. The number of benzene rings is 1. The molecule has 25 heavy (non-hydrogen) atoms. The second-order valence-electron chi connectivity index (χ2n) is 6.58. The highest BCUT2D eigenvalue weighted by Crippen LogP contribution is 2.32. The van der Waals surface area contributed by atoms with Crippen LogP contribution < -0.4 is 9.62 Å². The van der Waals surface area contributed by atoms with E-state index in [4.69, 9.17) is 23.2 Å². The first kappa shape index (κ1) is 22.4. The first-order chi connectivity index (χ1) is 11.3. The molecular formula is C16H24Cl2N2O3S2. The molecule has 1 atom stereocenters. The van der Waals surface area contributed by atoms with E-state index in [-0.39, 0.29) is 15.5 Å². The Morgan fingerprint density at radius 1 is 1.32 bits per heavy atom. The summed E-state index contributed by atoms with van der Waals surface area (Å²) in [4.78, 5) is 12.4. The van der Waals surface area contributed by atoms with Crippen LogP contribution in [0.1, 0.15) is 27.7 Å². The Labute approximate surface area is 164 Å².